The highest BCUT2D eigenvalue weighted by molar-refractivity contribution is 7.90. The number of phenols is 1. The van der Waals surface area contributed by atoms with Crippen LogP contribution in [0.25, 0.3) is 0 Å². The second kappa shape index (κ2) is 4.65. The van der Waals surface area contributed by atoms with E-state index in [-0.39, 0.29) is 28.6 Å². The molecule has 0 aromatic heterocycles. The predicted molar refractivity (Wildman–Crippen MR) is 61.3 cm³/mol. The molecular weight excluding hydrogens is 228 g/mol. The van der Waals surface area contributed by atoms with Gasteiger partial charge in [0.2, 0.25) is 0 Å². The van der Waals surface area contributed by atoms with E-state index < -0.39 is 9.84 Å². The van der Waals surface area contributed by atoms with Crippen LogP contribution in [-0.4, -0.2) is 25.1 Å². The summed E-state index contributed by atoms with van der Waals surface area (Å²) in [6, 6.07) is 4.24. The summed E-state index contributed by atoms with van der Waals surface area (Å²) in [7, 11) is -3.21. The third kappa shape index (κ3) is 3.06. The molecule has 0 spiro atoms. The Bertz CT molecular complexity index is 503. The van der Waals surface area contributed by atoms with E-state index in [2.05, 4.69) is 0 Å². The number of hydrogen-bond donors (Lipinski definition) is 1. The van der Waals surface area contributed by atoms with Crippen LogP contribution < -0.4 is 0 Å². The number of aromatic hydroxyl groups is 1. The Morgan fingerprint density at radius 3 is 2.50 bits per heavy atom. The molecule has 0 fully saturated rings. The normalized spacial score (nSPS) is 11.4. The smallest absolute Gasteiger partial charge is 0.159 e. The molecule has 1 N–H and O–H groups in total. The first kappa shape index (κ1) is 12.7. The summed E-state index contributed by atoms with van der Waals surface area (Å²) < 4.78 is 22.8. The highest BCUT2D eigenvalue weighted by Gasteiger charge is 2.13. The summed E-state index contributed by atoms with van der Waals surface area (Å²) in [5.41, 5.74) is 0.675. The number of sulfone groups is 1. The lowest BCUT2D eigenvalue weighted by Gasteiger charge is -2.06. The molecule has 0 unspecified atom stereocenters. The summed E-state index contributed by atoms with van der Waals surface area (Å²) >= 11 is 0. The van der Waals surface area contributed by atoms with Gasteiger partial charge in [-0.1, -0.05) is 6.92 Å². The molecule has 4 nitrogen and oxygen atoms in total. The number of Topliss-reactive ketones (excluding diaryl/α,β-unsaturated/α-hetero) is 1. The van der Waals surface area contributed by atoms with Crippen LogP contribution in [0.2, 0.25) is 0 Å². The largest absolute Gasteiger partial charge is 0.508 e. The molecule has 0 saturated carbocycles. The summed E-state index contributed by atoms with van der Waals surface area (Å²) in [6.45, 7) is 2.94. The molecule has 0 aliphatic heterocycles. The van der Waals surface area contributed by atoms with Crippen molar-refractivity contribution in [3.8, 4) is 5.75 Å². The predicted octanol–water partition coefficient (Wildman–Crippen LogP) is 1.53. The van der Waals surface area contributed by atoms with Crippen molar-refractivity contribution >= 4 is 15.6 Å². The molecular formula is C11H14O4S. The molecule has 0 saturated heterocycles. The van der Waals surface area contributed by atoms with Crippen molar-refractivity contribution in [2.75, 3.05) is 5.75 Å². The standard InChI is InChI=1S/C11H14O4S/c1-3-16(14,15)7-10-6-9(8(2)12)4-5-11(10)13/h4-6,13H,3,7H2,1-2H3. The summed E-state index contributed by atoms with van der Waals surface area (Å²) in [4.78, 5) is 11.1. The minimum Gasteiger partial charge on any atom is -0.508 e. The molecule has 0 atom stereocenters. The van der Waals surface area contributed by atoms with Gasteiger partial charge in [-0.15, -0.1) is 0 Å². The van der Waals surface area contributed by atoms with Gasteiger partial charge < -0.3 is 5.11 Å². The second-order valence-electron chi connectivity index (χ2n) is 3.58. The lowest BCUT2D eigenvalue weighted by molar-refractivity contribution is 0.101. The number of carbonyl (C=O) groups excluding carboxylic acids is 1. The fraction of sp³-hybridized carbons (Fsp3) is 0.364. The van der Waals surface area contributed by atoms with Gasteiger partial charge in [-0.2, -0.15) is 0 Å². The van der Waals surface area contributed by atoms with Gasteiger partial charge in [-0.25, -0.2) is 8.42 Å². The number of benzene rings is 1. The maximum Gasteiger partial charge on any atom is 0.159 e. The molecule has 0 amide bonds. The topological polar surface area (TPSA) is 71.4 Å². The third-order valence-electron chi connectivity index (χ3n) is 2.30. The molecule has 0 bridgehead atoms. The van der Waals surface area contributed by atoms with E-state index in [0.29, 0.717) is 5.56 Å². The number of hydrogen-bond acceptors (Lipinski definition) is 4. The van der Waals surface area contributed by atoms with Gasteiger partial charge in [0.25, 0.3) is 0 Å². The molecule has 1 aromatic carbocycles. The molecule has 0 aliphatic carbocycles. The van der Waals surface area contributed by atoms with Crippen LogP contribution in [0, 0.1) is 0 Å². The molecule has 1 rings (SSSR count). The zero-order valence-electron chi connectivity index (χ0n) is 9.23. The summed E-state index contributed by atoms with van der Waals surface area (Å²) in [5.74, 6) is -0.482. The van der Waals surface area contributed by atoms with Crippen molar-refractivity contribution in [2.24, 2.45) is 0 Å². The fourth-order valence-electron chi connectivity index (χ4n) is 1.26. The van der Waals surface area contributed by atoms with Crippen molar-refractivity contribution < 1.29 is 18.3 Å². The maximum absolute atomic E-state index is 11.4. The Kier molecular flexibility index (Phi) is 3.70. The number of ketones is 1. The van der Waals surface area contributed by atoms with E-state index in [1.165, 1.54) is 25.1 Å². The molecule has 16 heavy (non-hydrogen) atoms. The van der Waals surface area contributed by atoms with Crippen molar-refractivity contribution in [2.45, 2.75) is 19.6 Å². The fourth-order valence-corrected chi connectivity index (χ4v) is 2.17. The Balaban J connectivity index is 3.13. The maximum atomic E-state index is 11.4. The van der Waals surface area contributed by atoms with Crippen LogP contribution in [0.3, 0.4) is 0 Å². The van der Waals surface area contributed by atoms with Gasteiger partial charge in [0.05, 0.1) is 5.75 Å². The lowest BCUT2D eigenvalue weighted by Crippen LogP contribution is -2.07. The summed E-state index contributed by atoms with van der Waals surface area (Å²) in [6.07, 6.45) is 0. The molecule has 0 aliphatic rings. The van der Waals surface area contributed by atoms with Crippen molar-refractivity contribution in [3.05, 3.63) is 29.3 Å². The molecule has 88 valence electrons. The first-order valence-corrected chi connectivity index (χ1v) is 6.71. The van der Waals surface area contributed by atoms with Gasteiger partial charge >= 0.3 is 0 Å². The first-order valence-electron chi connectivity index (χ1n) is 4.89. The highest BCUT2D eigenvalue weighted by atomic mass is 32.2. The van der Waals surface area contributed by atoms with Gasteiger partial charge in [0.15, 0.2) is 15.6 Å². The Morgan fingerprint density at radius 1 is 1.38 bits per heavy atom. The van der Waals surface area contributed by atoms with Crippen LogP contribution in [-0.2, 0) is 15.6 Å². The SMILES string of the molecule is CCS(=O)(=O)Cc1cc(C(C)=O)ccc1O. The van der Waals surface area contributed by atoms with Gasteiger partial charge in [-0.3, -0.25) is 4.79 Å². The van der Waals surface area contributed by atoms with Crippen molar-refractivity contribution in [3.63, 3.8) is 0 Å². The van der Waals surface area contributed by atoms with E-state index in [4.69, 9.17) is 0 Å². The molecule has 0 heterocycles. The van der Waals surface area contributed by atoms with Crippen LogP contribution >= 0.6 is 0 Å². The van der Waals surface area contributed by atoms with Crippen LogP contribution in [0.4, 0.5) is 0 Å². The van der Waals surface area contributed by atoms with Crippen molar-refractivity contribution in [1.29, 1.82) is 0 Å². The lowest BCUT2D eigenvalue weighted by atomic mass is 10.1. The Labute approximate surface area is 94.8 Å². The first-order chi connectivity index (χ1) is 7.35. The van der Waals surface area contributed by atoms with E-state index in [9.17, 15) is 18.3 Å². The monoisotopic (exact) mass is 242 g/mol. The molecule has 1 aromatic rings. The average Bonchev–Trinajstić information content (AvgIpc) is 2.21. The van der Waals surface area contributed by atoms with E-state index in [1.807, 2.05) is 0 Å². The summed E-state index contributed by atoms with van der Waals surface area (Å²) in [5, 5.41) is 9.50. The minimum atomic E-state index is -3.21. The second-order valence-corrected chi connectivity index (χ2v) is 5.93. The van der Waals surface area contributed by atoms with Crippen molar-refractivity contribution in [1.82, 2.24) is 0 Å². The zero-order chi connectivity index (χ0) is 12.3. The van der Waals surface area contributed by atoms with Gasteiger partial charge in [0, 0.05) is 16.9 Å². The molecule has 0 radical (unpaired) electrons. The van der Waals surface area contributed by atoms with Crippen LogP contribution in [0.5, 0.6) is 5.75 Å². The average molecular weight is 242 g/mol. The zero-order valence-corrected chi connectivity index (χ0v) is 10.0. The number of rotatable bonds is 4. The van der Waals surface area contributed by atoms with E-state index in [1.54, 1.807) is 6.92 Å². The Hall–Kier alpha value is -1.36. The Morgan fingerprint density at radius 2 is 2.00 bits per heavy atom. The third-order valence-corrected chi connectivity index (χ3v) is 3.93. The highest BCUT2D eigenvalue weighted by Crippen LogP contribution is 2.21. The van der Waals surface area contributed by atoms with E-state index >= 15 is 0 Å². The van der Waals surface area contributed by atoms with Gasteiger partial charge in [-0.05, 0) is 25.1 Å². The van der Waals surface area contributed by atoms with Crippen LogP contribution in [0.1, 0.15) is 29.8 Å². The number of phenolic OH excluding ortho intramolecular Hbond substituents is 1. The van der Waals surface area contributed by atoms with Gasteiger partial charge in [0.1, 0.15) is 5.75 Å². The quantitative estimate of drug-likeness (QED) is 0.813. The van der Waals surface area contributed by atoms with E-state index in [0.717, 1.165) is 0 Å². The number of carbonyl (C=O) groups is 1. The molecule has 5 heteroatoms. The van der Waals surface area contributed by atoms with Crippen LogP contribution in [0.15, 0.2) is 18.2 Å². The minimum absolute atomic E-state index is 0.0107.